The number of benzene rings is 2. The van der Waals surface area contributed by atoms with Gasteiger partial charge < -0.3 is 19.5 Å². The van der Waals surface area contributed by atoms with E-state index < -0.39 is 5.82 Å². The molecule has 0 aliphatic heterocycles. The minimum atomic E-state index is -0.396. The van der Waals surface area contributed by atoms with Gasteiger partial charge in [-0.1, -0.05) is 33.6 Å². The third-order valence-corrected chi connectivity index (χ3v) is 4.88. The summed E-state index contributed by atoms with van der Waals surface area (Å²) in [5.41, 5.74) is 1.35. The number of ether oxygens (including phenoxy) is 3. The van der Waals surface area contributed by atoms with Crippen LogP contribution in [0.1, 0.15) is 17.5 Å². The molecule has 0 saturated heterocycles. The van der Waals surface area contributed by atoms with Crippen molar-refractivity contribution in [2.24, 2.45) is 0 Å². The van der Waals surface area contributed by atoms with Crippen LogP contribution in [0.25, 0.3) is 0 Å². The van der Waals surface area contributed by atoms with E-state index in [0.717, 1.165) is 29.6 Å². The number of nitrogens with one attached hydrogen (secondary N) is 1. The van der Waals surface area contributed by atoms with E-state index in [9.17, 15) is 4.39 Å². The number of hydrogen-bond acceptors (Lipinski definition) is 4. The minimum Gasteiger partial charge on any atom is -0.493 e. The van der Waals surface area contributed by atoms with Crippen molar-refractivity contribution in [2.75, 3.05) is 27.4 Å². The molecule has 0 atom stereocenters. The largest absolute Gasteiger partial charge is 0.493 e. The zero-order valence-corrected chi connectivity index (χ0v) is 17.1. The van der Waals surface area contributed by atoms with Crippen LogP contribution in [0, 0.1) is 5.82 Å². The average molecular weight is 447 g/mol. The lowest BCUT2D eigenvalue weighted by Crippen LogP contribution is -2.16. The van der Waals surface area contributed by atoms with Crippen LogP contribution >= 0.6 is 27.5 Å². The molecule has 26 heavy (non-hydrogen) atoms. The Morgan fingerprint density at radius 1 is 1.19 bits per heavy atom. The maximum atomic E-state index is 13.9. The monoisotopic (exact) mass is 445 g/mol. The molecular formula is C19H22BrClFNO3. The average Bonchev–Trinajstić information content (AvgIpc) is 2.62. The quantitative estimate of drug-likeness (QED) is 0.524. The molecule has 0 radical (unpaired) electrons. The van der Waals surface area contributed by atoms with Gasteiger partial charge in [0, 0.05) is 30.3 Å². The predicted octanol–water partition coefficient (Wildman–Crippen LogP) is 4.96. The van der Waals surface area contributed by atoms with E-state index in [-0.39, 0.29) is 6.61 Å². The molecule has 2 aromatic carbocycles. The minimum absolute atomic E-state index is 0.0168. The Hall–Kier alpha value is -1.34. The van der Waals surface area contributed by atoms with Crippen LogP contribution in [0.2, 0.25) is 5.02 Å². The summed E-state index contributed by atoms with van der Waals surface area (Å²) in [6.07, 6.45) is 0.940. The third-order valence-electron chi connectivity index (χ3n) is 3.78. The van der Waals surface area contributed by atoms with Gasteiger partial charge in [-0.15, -0.1) is 0 Å². The number of rotatable bonds is 10. The summed E-state index contributed by atoms with van der Waals surface area (Å²) < 4.78 is 31.0. The van der Waals surface area contributed by atoms with Gasteiger partial charge in [0.2, 0.25) is 0 Å². The molecule has 0 spiro atoms. The second-order valence-corrected chi connectivity index (χ2v) is 6.87. The van der Waals surface area contributed by atoms with Crippen LogP contribution in [-0.4, -0.2) is 27.4 Å². The van der Waals surface area contributed by atoms with Crippen LogP contribution in [0.5, 0.6) is 11.5 Å². The standard InChI is InChI=1S/C19H22BrClFNO3/c1-24-8-4-7-23-11-13-9-18(25-2)19(10-15(13)20)26-12-14-16(21)5-3-6-17(14)22/h3,5-6,9-10,23H,4,7-8,11-12H2,1-2H3. The maximum Gasteiger partial charge on any atom is 0.162 e. The summed E-state index contributed by atoms with van der Waals surface area (Å²) in [5, 5.41) is 3.68. The molecule has 7 heteroatoms. The van der Waals surface area contributed by atoms with Gasteiger partial charge >= 0.3 is 0 Å². The Balaban J connectivity index is 2.06. The first kappa shape index (κ1) is 21.0. The molecule has 4 nitrogen and oxygen atoms in total. The van der Waals surface area contributed by atoms with Crippen molar-refractivity contribution in [3.8, 4) is 11.5 Å². The maximum absolute atomic E-state index is 13.9. The van der Waals surface area contributed by atoms with Crippen molar-refractivity contribution in [1.82, 2.24) is 5.32 Å². The number of halogens is 3. The summed E-state index contributed by atoms with van der Waals surface area (Å²) in [4.78, 5) is 0. The summed E-state index contributed by atoms with van der Waals surface area (Å²) in [6, 6.07) is 8.27. The van der Waals surface area contributed by atoms with Gasteiger partial charge in [-0.05, 0) is 42.8 Å². The fourth-order valence-electron chi connectivity index (χ4n) is 2.37. The normalized spacial score (nSPS) is 10.8. The van der Waals surface area contributed by atoms with Gasteiger partial charge in [-0.2, -0.15) is 0 Å². The highest BCUT2D eigenvalue weighted by molar-refractivity contribution is 9.10. The van der Waals surface area contributed by atoms with Gasteiger partial charge in [0.15, 0.2) is 11.5 Å². The Morgan fingerprint density at radius 2 is 2.00 bits per heavy atom. The molecule has 1 N–H and O–H groups in total. The molecule has 142 valence electrons. The molecule has 0 fully saturated rings. The lowest BCUT2D eigenvalue weighted by atomic mass is 10.2. The first-order chi connectivity index (χ1) is 12.6. The fourth-order valence-corrected chi connectivity index (χ4v) is 3.05. The van der Waals surface area contributed by atoms with E-state index in [1.807, 2.05) is 12.1 Å². The van der Waals surface area contributed by atoms with Crippen molar-refractivity contribution in [2.45, 2.75) is 19.6 Å². The van der Waals surface area contributed by atoms with Crippen LogP contribution in [-0.2, 0) is 17.9 Å². The predicted molar refractivity (Wildman–Crippen MR) is 105 cm³/mol. The van der Waals surface area contributed by atoms with Crippen molar-refractivity contribution < 1.29 is 18.6 Å². The van der Waals surface area contributed by atoms with E-state index in [4.69, 9.17) is 25.8 Å². The van der Waals surface area contributed by atoms with Crippen LogP contribution in [0.15, 0.2) is 34.8 Å². The second kappa shape index (κ2) is 10.7. The summed E-state index contributed by atoms with van der Waals surface area (Å²) in [6.45, 7) is 2.28. The van der Waals surface area contributed by atoms with Crippen molar-refractivity contribution in [1.29, 1.82) is 0 Å². The summed E-state index contributed by atoms with van der Waals surface area (Å²) in [7, 11) is 3.26. The van der Waals surface area contributed by atoms with Crippen molar-refractivity contribution in [3.05, 3.63) is 56.8 Å². The van der Waals surface area contributed by atoms with Gasteiger partial charge in [0.05, 0.1) is 12.1 Å². The highest BCUT2D eigenvalue weighted by Crippen LogP contribution is 2.34. The summed E-state index contributed by atoms with van der Waals surface area (Å²) in [5.74, 6) is 0.698. The number of methoxy groups -OCH3 is 2. The van der Waals surface area contributed by atoms with Crippen LogP contribution in [0.4, 0.5) is 4.39 Å². The van der Waals surface area contributed by atoms with Crippen molar-refractivity contribution in [3.63, 3.8) is 0 Å². The van der Waals surface area contributed by atoms with E-state index in [1.165, 1.54) is 6.07 Å². The fraction of sp³-hybridized carbons (Fsp3) is 0.368. The first-order valence-corrected chi connectivity index (χ1v) is 9.35. The van der Waals surface area contributed by atoms with E-state index >= 15 is 0 Å². The van der Waals surface area contributed by atoms with Gasteiger partial charge in [-0.3, -0.25) is 0 Å². The Morgan fingerprint density at radius 3 is 2.69 bits per heavy atom. The molecule has 0 heterocycles. The SMILES string of the molecule is COCCCNCc1cc(OC)c(OCc2c(F)cccc2Cl)cc1Br. The van der Waals surface area contributed by atoms with Gasteiger partial charge in [-0.25, -0.2) is 4.39 Å². The molecular weight excluding hydrogens is 425 g/mol. The molecule has 2 rings (SSSR count). The van der Waals surface area contributed by atoms with Gasteiger partial charge in [0.1, 0.15) is 12.4 Å². The van der Waals surface area contributed by atoms with Crippen molar-refractivity contribution >= 4 is 27.5 Å². The molecule has 0 unspecified atom stereocenters. The highest BCUT2D eigenvalue weighted by Gasteiger charge is 2.13. The molecule has 2 aromatic rings. The Bertz CT molecular complexity index is 710. The smallest absolute Gasteiger partial charge is 0.162 e. The molecule has 0 saturated carbocycles. The third kappa shape index (κ3) is 5.84. The van der Waals surface area contributed by atoms with E-state index in [1.54, 1.807) is 26.4 Å². The molecule has 0 amide bonds. The topological polar surface area (TPSA) is 39.7 Å². The molecule has 0 aliphatic rings. The van der Waals surface area contributed by atoms with Crippen LogP contribution in [0.3, 0.4) is 0 Å². The molecule has 0 aromatic heterocycles. The van der Waals surface area contributed by atoms with E-state index in [0.29, 0.717) is 28.6 Å². The first-order valence-electron chi connectivity index (χ1n) is 8.18. The Kier molecular flexibility index (Phi) is 8.65. The lowest BCUT2D eigenvalue weighted by molar-refractivity contribution is 0.194. The van der Waals surface area contributed by atoms with Gasteiger partial charge in [0.25, 0.3) is 0 Å². The second-order valence-electron chi connectivity index (χ2n) is 5.61. The highest BCUT2D eigenvalue weighted by atomic mass is 79.9. The Labute approximate surface area is 166 Å². The molecule has 0 bridgehead atoms. The summed E-state index contributed by atoms with van der Waals surface area (Å²) >= 11 is 9.59. The van der Waals surface area contributed by atoms with Crippen LogP contribution < -0.4 is 14.8 Å². The zero-order valence-electron chi connectivity index (χ0n) is 14.8. The lowest BCUT2D eigenvalue weighted by Gasteiger charge is -2.15. The van der Waals surface area contributed by atoms with E-state index in [2.05, 4.69) is 21.2 Å². The number of hydrogen-bond donors (Lipinski definition) is 1. The molecule has 0 aliphatic carbocycles. The zero-order chi connectivity index (χ0) is 18.9.